The second-order valence-corrected chi connectivity index (χ2v) is 8.26. The van der Waals surface area contributed by atoms with Gasteiger partial charge < -0.3 is 0 Å². The molecule has 2 aromatic carbocycles. The molecule has 0 aliphatic rings. The zero-order chi connectivity index (χ0) is 22.4. The molecule has 0 aliphatic heterocycles. The minimum Gasteiger partial charge on any atom is -0.273 e. The predicted octanol–water partition coefficient (Wildman–Crippen LogP) is 3.36. The molecule has 9 heteroatoms. The van der Waals surface area contributed by atoms with Gasteiger partial charge in [-0.1, -0.05) is 29.8 Å². The molecule has 0 spiro atoms. The molecule has 7 nitrogen and oxygen atoms in total. The molecule has 0 amide bonds. The molecule has 5 aromatic rings. The maximum atomic E-state index is 13.5. The quantitative estimate of drug-likeness (QED) is 0.411. The van der Waals surface area contributed by atoms with Crippen molar-refractivity contribution in [3.8, 4) is 0 Å². The molecule has 0 radical (unpaired) electrons. The molecule has 0 bridgehead atoms. The van der Waals surface area contributed by atoms with E-state index in [9.17, 15) is 9.18 Å². The maximum Gasteiger partial charge on any atom is 0.423 e. The third-order valence-electron chi connectivity index (χ3n) is 5.56. The molecule has 5 rings (SSSR count). The van der Waals surface area contributed by atoms with Crippen LogP contribution in [0, 0.1) is 19.7 Å². The number of para-hydroxylation sites is 1. The lowest BCUT2D eigenvalue weighted by Crippen LogP contribution is -2.29. The number of fused-ring (bicyclic) bond motifs is 3. The van der Waals surface area contributed by atoms with E-state index in [-0.39, 0.29) is 17.3 Å². The Morgan fingerprint density at radius 2 is 1.91 bits per heavy atom. The fourth-order valence-corrected chi connectivity index (χ4v) is 4.26. The van der Waals surface area contributed by atoms with Gasteiger partial charge in [-0.15, -0.1) is 0 Å². The highest BCUT2D eigenvalue weighted by Gasteiger charge is 2.22. The Kier molecular flexibility index (Phi) is 5.01. The van der Waals surface area contributed by atoms with Gasteiger partial charge in [0.05, 0.1) is 41.2 Å². The van der Waals surface area contributed by atoms with Crippen molar-refractivity contribution >= 4 is 28.2 Å². The number of hydrogen-bond acceptors (Lipinski definition) is 3. The number of aromatic nitrogens is 6. The molecule has 1 N–H and O–H groups in total. The van der Waals surface area contributed by atoms with Gasteiger partial charge in [0.1, 0.15) is 5.82 Å². The van der Waals surface area contributed by atoms with Crippen LogP contribution in [-0.2, 0) is 19.5 Å². The average Bonchev–Trinajstić information content (AvgIpc) is 3.33. The van der Waals surface area contributed by atoms with Gasteiger partial charge in [-0.25, -0.2) is 14.2 Å². The van der Waals surface area contributed by atoms with Gasteiger partial charge in [-0.3, -0.25) is 9.25 Å². The number of aryl methyl sites for hydroxylation is 4. The van der Waals surface area contributed by atoms with E-state index in [0.717, 1.165) is 22.3 Å². The summed E-state index contributed by atoms with van der Waals surface area (Å²) in [6, 6.07) is 13.8. The first-order chi connectivity index (χ1) is 15.4. The summed E-state index contributed by atoms with van der Waals surface area (Å²) < 4.78 is 18.4. The van der Waals surface area contributed by atoms with E-state index in [1.54, 1.807) is 10.6 Å². The summed E-state index contributed by atoms with van der Waals surface area (Å²) in [5.41, 5.74) is 3.78. The Bertz CT molecular complexity index is 1530. The SMILES string of the molecule is Cc1cc(C)n(CCc2nn3c(=O)n(Cc4ccc(F)cc4Cl)c4ccccc4c3[nH+]2)n1. The van der Waals surface area contributed by atoms with Crippen molar-refractivity contribution in [3.63, 3.8) is 0 Å². The summed E-state index contributed by atoms with van der Waals surface area (Å²) in [6.45, 7) is 4.83. The van der Waals surface area contributed by atoms with Crippen molar-refractivity contribution < 1.29 is 9.37 Å². The summed E-state index contributed by atoms with van der Waals surface area (Å²) >= 11 is 6.23. The summed E-state index contributed by atoms with van der Waals surface area (Å²) in [7, 11) is 0. The molecule has 0 aliphatic carbocycles. The zero-order valence-electron chi connectivity index (χ0n) is 17.6. The van der Waals surface area contributed by atoms with Crippen LogP contribution < -0.4 is 10.7 Å². The lowest BCUT2D eigenvalue weighted by atomic mass is 10.2. The Morgan fingerprint density at radius 1 is 1.09 bits per heavy atom. The van der Waals surface area contributed by atoms with E-state index >= 15 is 0 Å². The number of nitrogens with zero attached hydrogens (tertiary/aromatic N) is 5. The van der Waals surface area contributed by atoms with Crippen molar-refractivity contribution in [2.75, 3.05) is 0 Å². The van der Waals surface area contributed by atoms with Crippen LogP contribution in [0.4, 0.5) is 4.39 Å². The van der Waals surface area contributed by atoms with Gasteiger partial charge in [-0.2, -0.15) is 5.10 Å². The topological polar surface area (TPSA) is 71.3 Å². The van der Waals surface area contributed by atoms with Crippen molar-refractivity contribution in [2.24, 2.45) is 0 Å². The predicted molar refractivity (Wildman–Crippen MR) is 119 cm³/mol. The fourth-order valence-electron chi connectivity index (χ4n) is 4.03. The first-order valence-electron chi connectivity index (χ1n) is 10.3. The second kappa shape index (κ2) is 7.87. The Balaban J connectivity index is 1.59. The number of halogens is 2. The highest BCUT2D eigenvalue weighted by molar-refractivity contribution is 6.31. The Morgan fingerprint density at radius 3 is 2.66 bits per heavy atom. The van der Waals surface area contributed by atoms with Crippen LogP contribution in [0.5, 0.6) is 0 Å². The number of nitrogens with one attached hydrogen (secondary N) is 1. The average molecular weight is 452 g/mol. The van der Waals surface area contributed by atoms with E-state index in [2.05, 4.69) is 15.2 Å². The molecule has 0 saturated heterocycles. The number of hydrogen-bond donors (Lipinski definition) is 0. The van der Waals surface area contributed by atoms with Crippen LogP contribution in [0.1, 0.15) is 22.8 Å². The summed E-state index contributed by atoms with van der Waals surface area (Å²) in [5, 5.41) is 10.2. The number of benzene rings is 2. The van der Waals surface area contributed by atoms with E-state index in [1.165, 1.54) is 16.6 Å². The molecule has 0 saturated carbocycles. The number of aromatic amines is 1. The summed E-state index contributed by atoms with van der Waals surface area (Å²) in [5.74, 6) is 0.276. The first-order valence-corrected chi connectivity index (χ1v) is 10.7. The largest absolute Gasteiger partial charge is 0.423 e. The van der Waals surface area contributed by atoms with Gasteiger partial charge in [0.25, 0.3) is 11.5 Å². The maximum absolute atomic E-state index is 13.5. The van der Waals surface area contributed by atoms with Crippen molar-refractivity contribution in [1.82, 2.24) is 24.0 Å². The molecule has 0 fully saturated rings. The van der Waals surface area contributed by atoms with Crippen LogP contribution in [0.2, 0.25) is 5.02 Å². The molecule has 0 unspecified atom stereocenters. The normalized spacial score (nSPS) is 11.6. The molecule has 3 aromatic heterocycles. The van der Waals surface area contributed by atoms with Gasteiger partial charge in [0, 0.05) is 10.7 Å². The molecule has 32 heavy (non-hydrogen) atoms. The van der Waals surface area contributed by atoms with E-state index in [0.29, 0.717) is 30.0 Å². The van der Waals surface area contributed by atoms with Crippen LogP contribution >= 0.6 is 11.6 Å². The molecule has 3 heterocycles. The minimum absolute atomic E-state index is 0.204. The molecule has 162 valence electrons. The smallest absolute Gasteiger partial charge is 0.273 e. The molecular weight excluding hydrogens is 431 g/mol. The zero-order valence-corrected chi connectivity index (χ0v) is 18.4. The van der Waals surface area contributed by atoms with Crippen LogP contribution in [-0.4, -0.2) is 24.0 Å². The standard InChI is InChI=1S/C23H20ClFN6O/c1-14-11-15(2)30(27-14)10-9-21-26-22-18-5-3-4-6-20(18)29(23(32)31(22)28-21)13-16-7-8-17(25)12-19(16)24/h3-8,11-12H,9-10,13H2,1-2H3/p+1. The second-order valence-electron chi connectivity index (χ2n) is 7.85. The van der Waals surface area contributed by atoms with Gasteiger partial charge >= 0.3 is 5.69 Å². The van der Waals surface area contributed by atoms with Gasteiger partial charge in [0.2, 0.25) is 0 Å². The lowest BCUT2D eigenvalue weighted by molar-refractivity contribution is -0.358. The third kappa shape index (κ3) is 3.56. The van der Waals surface area contributed by atoms with E-state index < -0.39 is 5.82 Å². The van der Waals surface area contributed by atoms with Gasteiger partial charge in [-0.05, 0) is 54.3 Å². The highest BCUT2D eigenvalue weighted by Crippen LogP contribution is 2.21. The monoisotopic (exact) mass is 451 g/mol. The van der Waals surface area contributed by atoms with Crippen molar-refractivity contribution in [2.45, 2.75) is 33.4 Å². The minimum atomic E-state index is -0.416. The molecular formula is C23H21ClFN6O+. The first kappa shape index (κ1) is 20.4. The lowest BCUT2D eigenvalue weighted by Gasteiger charge is -2.10. The Labute approximate surface area is 187 Å². The van der Waals surface area contributed by atoms with E-state index in [4.69, 9.17) is 11.6 Å². The Hall–Kier alpha value is -3.52. The summed E-state index contributed by atoms with van der Waals surface area (Å²) in [4.78, 5) is 16.7. The van der Waals surface area contributed by atoms with E-state index in [1.807, 2.05) is 48.9 Å². The molecule has 0 atom stereocenters. The summed E-state index contributed by atoms with van der Waals surface area (Å²) in [6.07, 6.45) is 0.598. The highest BCUT2D eigenvalue weighted by atomic mass is 35.5. The fraction of sp³-hybridized carbons (Fsp3) is 0.217. The van der Waals surface area contributed by atoms with Crippen LogP contribution in [0.15, 0.2) is 53.3 Å². The van der Waals surface area contributed by atoms with Crippen LogP contribution in [0.25, 0.3) is 16.6 Å². The van der Waals surface area contributed by atoms with Crippen molar-refractivity contribution in [1.29, 1.82) is 0 Å². The third-order valence-corrected chi connectivity index (χ3v) is 5.92. The number of rotatable bonds is 5. The van der Waals surface area contributed by atoms with Crippen LogP contribution in [0.3, 0.4) is 0 Å². The van der Waals surface area contributed by atoms with Gasteiger partial charge in [0.15, 0.2) is 0 Å². The number of H-pyrrole nitrogens is 1. The van der Waals surface area contributed by atoms with Crippen molar-refractivity contribution in [3.05, 3.63) is 92.6 Å².